The van der Waals surface area contributed by atoms with Gasteiger partial charge in [0, 0.05) is 11.9 Å². The summed E-state index contributed by atoms with van der Waals surface area (Å²) in [6.07, 6.45) is 0. The van der Waals surface area contributed by atoms with Crippen LogP contribution < -0.4 is 5.32 Å². The summed E-state index contributed by atoms with van der Waals surface area (Å²) in [5, 5.41) is 3.17. The maximum Gasteiger partial charge on any atom is 0.253 e. The lowest BCUT2D eigenvalue weighted by molar-refractivity contribution is -0.133. The van der Waals surface area contributed by atoms with Crippen molar-refractivity contribution in [2.24, 2.45) is 5.92 Å². The Morgan fingerprint density at radius 1 is 1.16 bits per heavy atom. The van der Waals surface area contributed by atoms with Crippen LogP contribution in [0.4, 0.5) is 0 Å². The second kappa shape index (κ2) is 8.70. The summed E-state index contributed by atoms with van der Waals surface area (Å²) in [5.41, 5.74) is 0.357. The molecule has 0 spiro atoms. The number of hydrogen-bond acceptors (Lipinski definition) is 3. The Bertz CT molecular complexity index is 761. The largest absolute Gasteiger partial charge is 0.340 e. The molecule has 1 N–H and O–H groups in total. The molecule has 0 aliphatic heterocycles. The third-order valence-corrected chi connectivity index (χ3v) is 5.28. The monoisotopic (exact) mass is 398 g/mol. The summed E-state index contributed by atoms with van der Waals surface area (Å²) < 4.78 is 0.684. The molecule has 2 aromatic rings. The van der Waals surface area contributed by atoms with Crippen molar-refractivity contribution < 1.29 is 9.59 Å². The fourth-order valence-electron chi connectivity index (χ4n) is 2.36. The zero-order chi connectivity index (χ0) is 18.6. The number of hydrogen-bond donors (Lipinski definition) is 1. The Hall–Kier alpha value is -1.56. The highest BCUT2D eigenvalue weighted by molar-refractivity contribution is 7.16. The zero-order valence-corrected chi connectivity index (χ0v) is 16.6. The van der Waals surface area contributed by atoms with E-state index in [4.69, 9.17) is 23.2 Å². The van der Waals surface area contributed by atoms with Crippen molar-refractivity contribution in [2.45, 2.75) is 26.4 Å². The molecule has 0 saturated heterocycles. The fourth-order valence-corrected chi connectivity index (χ4v) is 3.73. The SMILES string of the molecule is CC(C)C(NC(=O)c1ccccc1Cl)C(=O)N(C)Cc1ccc(Cl)s1. The molecule has 0 saturated carbocycles. The quantitative estimate of drug-likeness (QED) is 0.779. The molecule has 4 nitrogen and oxygen atoms in total. The van der Waals surface area contributed by atoms with Crippen LogP contribution in [0.15, 0.2) is 36.4 Å². The molecule has 25 heavy (non-hydrogen) atoms. The van der Waals surface area contributed by atoms with Crippen LogP contribution in [0.25, 0.3) is 0 Å². The average molecular weight is 399 g/mol. The molecule has 1 heterocycles. The smallest absolute Gasteiger partial charge is 0.253 e. The molecule has 1 aromatic carbocycles. The van der Waals surface area contributed by atoms with Gasteiger partial charge < -0.3 is 10.2 Å². The van der Waals surface area contributed by atoms with Crippen molar-refractivity contribution in [3.63, 3.8) is 0 Å². The summed E-state index contributed by atoms with van der Waals surface area (Å²) >= 11 is 13.4. The third kappa shape index (κ3) is 5.21. The first kappa shape index (κ1) is 19.8. The van der Waals surface area contributed by atoms with E-state index in [9.17, 15) is 9.59 Å². The van der Waals surface area contributed by atoms with Crippen molar-refractivity contribution >= 4 is 46.4 Å². The number of benzene rings is 1. The lowest BCUT2D eigenvalue weighted by Gasteiger charge is -2.27. The summed E-state index contributed by atoms with van der Waals surface area (Å²) in [6, 6.07) is 9.84. The van der Waals surface area contributed by atoms with Crippen molar-refractivity contribution in [3.05, 3.63) is 56.2 Å². The predicted octanol–water partition coefficient (Wildman–Crippen LogP) is 4.47. The van der Waals surface area contributed by atoms with Crippen LogP contribution in [0.3, 0.4) is 0 Å². The van der Waals surface area contributed by atoms with E-state index in [1.54, 1.807) is 42.3 Å². The molecule has 2 rings (SSSR count). The number of likely N-dealkylation sites (N-methyl/N-ethyl adjacent to an activating group) is 1. The Labute approximate surface area is 161 Å². The van der Waals surface area contributed by atoms with Gasteiger partial charge in [-0.1, -0.05) is 49.2 Å². The van der Waals surface area contributed by atoms with Crippen molar-refractivity contribution in [2.75, 3.05) is 7.05 Å². The molecule has 2 amide bonds. The number of amides is 2. The second-order valence-electron chi connectivity index (χ2n) is 6.08. The fraction of sp³-hybridized carbons (Fsp3) is 0.333. The number of rotatable bonds is 6. The topological polar surface area (TPSA) is 49.4 Å². The van der Waals surface area contributed by atoms with Crippen molar-refractivity contribution in [1.82, 2.24) is 10.2 Å². The summed E-state index contributed by atoms with van der Waals surface area (Å²) in [7, 11) is 1.72. The number of carbonyl (C=O) groups is 2. The Morgan fingerprint density at radius 2 is 1.84 bits per heavy atom. The maximum absolute atomic E-state index is 12.8. The van der Waals surface area contributed by atoms with Crippen LogP contribution in [0.1, 0.15) is 29.1 Å². The van der Waals surface area contributed by atoms with Crippen molar-refractivity contribution in [1.29, 1.82) is 0 Å². The average Bonchev–Trinajstić information content (AvgIpc) is 2.96. The molecule has 7 heteroatoms. The van der Waals surface area contributed by atoms with Gasteiger partial charge in [-0.15, -0.1) is 11.3 Å². The minimum atomic E-state index is -0.635. The molecule has 1 atom stereocenters. The molecular weight excluding hydrogens is 379 g/mol. The van der Waals surface area contributed by atoms with E-state index < -0.39 is 6.04 Å². The minimum Gasteiger partial charge on any atom is -0.340 e. The molecule has 0 aliphatic rings. The van der Waals surface area contributed by atoms with Crippen LogP contribution in [0.2, 0.25) is 9.36 Å². The number of nitrogens with zero attached hydrogens (tertiary/aromatic N) is 1. The van der Waals surface area contributed by atoms with Gasteiger partial charge in [0.05, 0.1) is 21.5 Å². The maximum atomic E-state index is 12.8. The Balaban J connectivity index is 2.10. The van der Waals surface area contributed by atoms with Crippen LogP contribution in [-0.2, 0) is 11.3 Å². The van der Waals surface area contributed by atoms with Gasteiger partial charge in [-0.3, -0.25) is 9.59 Å². The Kier molecular flexibility index (Phi) is 6.87. The molecular formula is C18H20Cl2N2O2S. The summed E-state index contributed by atoms with van der Waals surface area (Å²) in [4.78, 5) is 27.9. The first-order valence-corrected chi connectivity index (χ1v) is 9.41. The van der Waals surface area contributed by atoms with E-state index in [0.717, 1.165) is 4.88 Å². The van der Waals surface area contributed by atoms with E-state index in [2.05, 4.69) is 5.32 Å². The molecule has 0 fully saturated rings. The molecule has 0 radical (unpaired) electrons. The van der Waals surface area contributed by atoms with E-state index in [1.807, 2.05) is 19.9 Å². The first-order valence-electron chi connectivity index (χ1n) is 7.84. The highest BCUT2D eigenvalue weighted by Gasteiger charge is 2.28. The van der Waals surface area contributed by atoms with Gasteiger partial charge in [0.15, 0.2) is 0 Å². The van der Waals surface area contributed by atoms with E-state index in [0.29, 0.717) is 21.5 Å². The second-order valence-corrected chi connectivity index (χ2v) is 8.28. The van der Waals surface area contributed by atoms with Crippen LogP contribution in [0.5, 0.6) is 0 Å². The highest BCUT2D eigenvalue weighted by Crippen LogP contribution is 2.23. The van der Waals surface area contributed by atoms with E-state index in [-0.39, 0.29) is 17.7 Å². The molecule has 0 aliphatic carbocycles. The summed E-state index contributed by atoms with van der Waals surface area (Å²) in [5.74, 6) is -0.571. The molecule has 1 aromatic heterocycles. The van der Waals surface area contributed by atoms with Gasteiger partial charge in [-0.05, 0) is 30.2 Å². The van der Waals surface area contributed by atoms with Crippen LogP contribution in [0, 0.1) is 5.92 Å². The van der Waals surface area contributed by atoms with Gasteiger partial charge in [-0.25, -0.2) is 0 Å². The zero-order valence-electron chi connectivity index (χ0n) is 14.3. The van der Waals surface area contributed by atoms with Gasteiger partial charge in [0.2, 0.25) is 5.91 Å². The standard InChI is InChI=1S/C18H20Cl2N2O2S/c1-11(2)16(21-17(23)13-6-4-5-7-14(13)19)18(24)22(3)10-12-8-9-15(20)25-12/h4-9,11,16H,10H2,1-3H3,(H,21,23). The summed E-state index contributed by atoms with van der Waals surface area (Å²) in [6.45, 7) is 4.23. The molecule has 0 bridgehead atoms. The van der Waals surface area contributed by atoms with Crippen LogP contribution in [-0.4, -0.2) is 29.8 Å². The normalized spacial score (nSPS) is 12.1. The van der Waals surface area contributed by atoms with Crippen molar-refractivity contribution in [3.8, 4) is 0 Å². The number of nitrogens with one attached hydrogen (secondary N) is 1. The number of halogens is 2. The van der Waals surface area contributed by atoms with Gasteiger partial charge >= 0.3 is 0 Å². The number of thiophene rings is 1. The molecule has 134 valence electrons. The van der Waals surface area contributed by atoms with Gasteiger partial charge in [0.1, 0.15) is 6.04 Å². The minimum absolute atomic E-state index is 0.0617. The van der Waals surface area contributed by atoms with Gasteiger partial charge in [0.25, 0.3) is 5.91 Å². The van der Waals surface area contributed by atoms with Crippen LogP contribution >= 0.6 is 34.5 Å². The van der Waals surface area contributed by atoms with Gasteiger partial charge in [-0.2, -0.15) is 0 Å². The molecule has 1 unspecified atom stereocenters. The number of carbonyl (C=O) groups excluding carboxylic acids is 2. The lowest BCUT2D eigenvalue weighted by atomic mass is 10.0. The van der Waals surface area contributed by atoms with E-state index in [1.165, 1.54) is 11.3 Å². The highest BCUT2D eigenvalue weighted by atomic mass is 35.5. The first-order chi connectivity index (χ1) is 11.8. The lowest BCUT2D eigenvalue weighted by Crippen LogP contribution is -2.50. The Morgan fingerprint density at radius 3 is 2.40 bits per heavy atom. The third-order valence-electron chi connectivity index (χ3n) is 3.74. The van der Waals surface area contributed by atoms with E-state index >= 15 is 0 Å². The predicted molar refractivity (Wildman–Crippen MR) is 103 cm³/mol.